The van der Waals surface area contributed by atoms with Crippen LogP contribution in [-0.4, -0.2) is 89.5 Å². The molecule has 484 valence electrons. The summed E-state index contributed by atoms with van der Waals surface area (Å²) in [4.78, 5) is 78.6. The number of carbonyl (C=O) groups excluding carboxylic acids is 5. The molecule has 17 nitrogen and oxygen atoms in total. The van der Waals surface area contributed by atoms with Gasteiger partial charge in [0, 0.05) is 51.2 Å². The average Bonchev–Trinajstić information content (AvgIpc) is 1.71. The number of esters is 3. The van der Waals surface area contributed by atoms with E-state index < -0.39 is 11.2 Å². The average molecular weight is 1820 g/mol. The number of rotatable bonds is 7. The van der Waals surface area contributed by atoms with Crippen molar-refractivity contribution in [1.29, 1.82) is 0 Å². The molecule has 0 aromatic carbocycles. The standard InChI is InChI=1S/C13H15N3O2S.C12H15IN2O2S.C7H6INS.C7H7NS.C6H11BrO2.C6H5BrOS.C5H5BrS.CH3F.CH2O3.CH4.2K.H/c1-8-6-9-11(19-8)12(14-5)15-16(9)7-10(17)18-13(2,3)4;1-7-5-8-10(18-7)11(13)14-15(8)6-9(16)17-12(2,3)4;1-4-2-5-3-9-7(8)6(5)10-4;1-5-2-6-3-8-4-7(6)9-5;1-6(2,3)9-5(8)4-7;1-4-2-5(7)6(3-8)9-4;1-4-2-5(6)3-7-4;1-2;2-1-4-3;;;;/h6H,7H2,1-4H3;5H,6H2,1-4H3;2H,3H2,1H3;2,4H,3H2,1H3;4H2,1-3H3;2-3H,1H3;2-3H,1H3;1H3;1,3H;1H4;;;/q;;;;;;;;;;2*+1;-1/p-1/i;;;;;;;;;1D;;;. The smallest absolute Gasteiger partial charge is 1.00 e. The molecule has 0 radical (unpaired) electrons. The van der Waals surface area contributed by atoms with Gasteiger partial charge in [0.2, 0.25) is 0 Å². The van der Waals surface area contributed by atoms with Gasteiger partial charge in [0.05, 0.1) is 55.3 Å². The molecule has 0 unspecified atom stereocenters. The van der Waals surface area contributed by atoms with Crippen molar-refractivity contribution in [1.82, 2.24) is 19.6 Å². The first-order valence-corrected chi connectivity index (χ1v) is 35.5. The first kappa shape index (κ1) is 89.6. The van der Waals surface area contributed by atoms with Gasteiger partial charge in [0.25, 0.3) is 6.47 Å². The van der Waals surface area contributed by atoms with Crippen LogP contribution in [0.3, 0.4) is 0 Å². The number of ether oxygens (including phenoxy) is 3. The molecule has 90 heavy (non-hydrogen) atoms. The second-order valence-electron chi connectivity index (χ2n) is 20.9. The summed E-state index contributed by atoms with van der Waals surface area (Å²) in [6.45, 7) is 37.9. The minimum atomic E-state index is -0.517. The summed E-state index contributed by atoms with van der Waals surface area (Å²) in [6, 6.07) is 12.5. The third kappa shape index (κ3) is 34.7. The number of halogens is 6. The van der Waals surface area contributed by atoms with Gasteiger partial charge in [-0.1, -0.05) is 29.9 Å². The van der Waals surface area contributed by atoms with Gasteiger partial charge in [-0.3, -0.25) is 38.2 Å². The number of thiophene rings is 6. The number of aliphatic imine (C=N–C) groups is 2. The molecule has 8 aromatic heterocycles. The zero-order valence-electron chi connectivity index (χ0n) is 55.7. The number of aldehydes is 1. The minimum Gasteiger partial charge on any atom is -1.00 e. The molecule has 0 atom stereocenters. The van der Waals surface area contributed by atoms with Crippen LogP contribution in [-0.2, 0) is 64.5 Å². The Morgan fingerprint density at radius 2 is 1.19 bits per heavy atom. The Labute approximate surface area is 692 Å². The third-order valence-corrected chi connectivity index (χ3v) is 20.2. The second-order valence-corrected chi connectivity index (χ2v) is 32.7. The molecular weight excluding hydrogens is 1750 g/mol. The number of aryl methyl sites for hydroxylation is 6. The van der Waals surface area contributed by atoms with E-state index in [2.05, 4.69) is 180 Å². The maximum absolute atomic E-state index is 11.8. The second kappa shape index (κ2) is 45.2. The Hall–Kier alpha value is -0.417. The fourth-order valence-electron chi connectivity index (χ4n) is 6.91. The van der Waals surface area contributed by atoms with E-state index >= 15 is 0 Å². The van der Waals surface area contributed by atoms with Crippen LogP contribution in [0.4, 0.5) is 10.2 Å². The maximum atomic E-state index is 11.8. The summed E-state index contributed by atoms with van der Waals surface area (Å²) in [5.74, 6) is -0.483. The molecule has 0 bridgehead atoms. The molecular formula is C59H73Br3FI2K2N7O10S6. The van der Waals surface area contributed by atoms with E-state index in [0.717, 1.165) is 62.6 Å². The molecule has 2 aliphatic rings. The predicted molar refractivity (Wildman–Crippen MR) is 390 cm³/mol. The van der Waals surface area contributed by atoms with Crippen LogP contribution >= 0.6 is 161 Å². The van der Waals surface area contributed by atoms with Gasteiger partial charge < -0.3 is 30.6 Å². The van der Waals surface area contributed by atoms with Crippen LogP contribution in [0, 0.1) is 51.8 Å². The molecule has 0 amide bonds. The number of fused-ring (bicyclic) bond motifs is 4. The summed E-state index contributed by atoms with van der Waals surface area (Å²) in [7, 11) is 1.75. The van der Waals surface area contributed by atoms with E-state index in [1.165, 1.54) is 78.7 Å². The van der Waals surface area contributed by atoms with Crippen LogP contribution in [0.1, 0.15) is 132 Å². The molecule has 10 rings (SSSR count). The molecule has 0 spiro atoms. The minimum absolute atomic E-state index is 0. The predicted octanol–water partition coefficient (Wildman–Crippen LogP) is 12.3. The van der Waals surface area contributed by atoms with Gasteiger partial charge in [-0.15, -0.1) is 68.0 Å². The van der Waals surface area contributed by atoms with Crippen molar-refractivity contribution < 1.29 is 158 Å². The molecule has 10 heterocycles. The third-order valence-electron chi connectivity index (χ3n) is 9.70. The summed E-state index contributed by atoms with van der Waals surface area (Å²) in [6.07, 6.45) is 2.83. The summed E-state index contributed by atoms with van der Waals surface area (Å²) < 4.78 is 40.2. The Morgan fingerprint density at radius 3 is 1.58 bits per heavy atom. The van der Waals surface area contributed by atoms with Crippen LogP contribution in [0.2, 0.25) is 0 Å². The maximum Gasteiger partial charge on any atom is 1.00 e. The fraction of sp³-hybridized carbons (Fsp3) is 0.424. The van der Waals surface area contributed by atoms with Gasteiger partial charge >= 0.3 is 126 Å². The fourth-order valence-corrected chi connectivity index (χ4v) is 15.3. The zero-order valence-corrected chi connectivity index (χ0v) is 74.0. The number of aromatic nitrogens is 4. The van der Waals surface area contributed by atoms with Gasteiger partial charge in [-0.05, 0) is 234 Å². The SMILES string of the molecule is CC(C)(C)OC(=O)CBr.CF.Cc1cc(Br)c(C=O)s1.Cc1cc(Br)cs1.Cc1cc2c(s1)C(I)=NC2.Cc1cc2c(s1)C=NC2.Cc1cc2c(s1)c(I)nn2CC(=O)OC(C)(C)C.O=CO[O-].[2H]C.[C-]#[N+]c1nn(CC(=O)OC(C)(C)C)c2cc(C)sc12.[H-].[K+].[K+]. The van der Waals surface area contributed by atoms with Gasteiger partial charge in [0.1, 0.15) is 36.1 Å². The van der Waals surface area contributed by atoms with Crippen molar-refractivity contribution in [2.45, 2.75) is 154 Å². The molecule has 2 aliphatic heterocycles. The van der Waals surface area contributed by atoms with Crippen molar-refractivity contribution in [2.75, 3.05) is 12.5 Å². The molecule has 0 saturated carbocycles. The first-order chi connectivity index (χ1) is 41.6. The molecule has 31 heteroatoms. The summed E-state index contributed by atoms with van der Waals surface area (Å²) >= 11 is 24.2. The Kier molecular flexibility index (Phi) is 45.0. The molecule has 8 aromatic rings. The summed E-state index contributed by atoms with van der Waals surface area (Å²) in [5.41, 5.74) is 3.30. The van der Waals surface area contributed by atoms with E-state index in [1.54, 1.807) is 32.0 Å². The molecule has 0 saturated heterocycles. The summed E-state index contributed by atoms with van der Waals surface area (Å²) in [5, 5.41) is 19.3. The Balaban J connectivity index is -0.00000100. The van der Waals surface area contributed by atoms with Gasteiger partial charge in [-0.2, -0.15) is 9.78 Å². The zero-order chi connectivity index (χ0) is 68.1. The van der Waals surface area contributed by atoms with Crippen molar-refractivity contribution >= 4 is 228 Å². The van der Waals surface area contributed by atoms with Crippen molar-refractivity contribution in [2.24, 2.45) is 9.98 Å². The molecule has 0 N–H and O–H groups in total. The van der Waals surface area contributed by atoms with Gasteiger partial charge in [-0.25, -0.2) is 4.79 Å². The number of alkyl halides is 2. The van der Waals surface area contributed by atoms with Crippen LogP contribution in [0.25, 0.3) is 25.3 Å². The molecule has 0 fully saturated rings. The van der Waals surface area contributed by atoms with E-state index in [-0.39, 0.29) is 153 Å². The monoisotopic (exact) mass is 1820 g/mol. The molecule has 0 aliphatic carbocycles. The number of nitrogens with zero attached hydrogens (tertiary/aromatic N) is 7. The topological polar surface area (TPSA) is 210 Å². The van der Waals surface area contributed by atoms with Gasteiger partial charge in [0.15, 0.2) is 12.8 Å². The normalized spacial score (nSPS) is 11.1. The van der Waals surface area contributed by atoms with Crippen molar-refractivity contribution in [3.63, 3.8) is 0 Å². The largest absolute Gasteiger partial charge is 1.00 e. The van der Waals surface area contributed by atoms with E-state index in [0.29, 0.717) is 13.0 Å². The number of hydrogen-bond donors (Lipinski definition) is 0. The van der Waals surface area contributed by atoms with E-state index in [9.17, 15) is 23.6 Å². The van der Waals surface area contributed by atoms with E-state index in [1.807, 2.05) is 117 Å². The van der Waals surface area contributed by atoms with Crippen LogP contribution < -0.4 is 108 Å². The Bertz CT molecular complexity index is 3650. The van der Waals surface area contributed by atoms with E-state index in [4.69, 9.17) is 32.2 Å². The number of carbonyl (C=O) groups is 5. The van der Waals surface area contributed by atoms with Crippen LogP contribution in [0.5, 0.6) is 0 Å². The van der Waals surface area contributed by atoms with Crippen molar-refractivity contribution in [3.05, 3.63) is 121 Å². The first-order valence-electron chi connectivity index (χ1n) is 26.7. The van der Waals surface area contributed by atoms with Crippen molar-refractivity contribution in [3.8, 4) is 0 Å². The van der Waals surface area contributed by atoms with Crippen LogP contribution in [0.15, 0.2) is 60.7 Å². The number of hydrogen-bond acceptors (Lipinski definition) is 20. The quantitative estimate of drug-likeness (QED) is 0.0168. The Morgan fingerprint density at radius 1 is 0.722 bits per heavy atom.